The molecule has 0 saturated heterocycles. The van der Waals surface area contributed by atoms with Crippen LogP contribution in [-0.2, 0) is 0 Å². The van der Waals surface area contributed by atoms with Crippen molar-refractivity contribution in [3.8, 4) is 5.69 Å². The molecule has 1 amide bonds. The average molecular weight is 347 g/mol. The van der Waals surface area contributed by atoms with Crippen LogP contribution in [0.25, 0.3) is 5.69 Å². The van der Waals surface area contributed by atoms with Crippen LogP contribution in [0.15, 0.2) is 67.0 Å². The molecule has 4 heteroatoms. The van der Waals surface area contributed by atoms with Gasteiger partial charge in [0.25, 0.3) is 5.91 Å². The molecule has 0 saturated carbocycles. The molecule has 0 aliphatic carbocycles. The molecule has 3 rings (SSSR count). The minimum atomic E-state index is -0.0947. The zero-order valence-corrected chi connectivity index (χ0v) is 15.6. The molecule has 3 aromatic rings. The predicted molar refractivity (Wildman–Crippen MR) is 108 cm³/mol. The van der Waals surface area contributed by atoms with Crippen molar-refractivity contribution in [1.29, 1.82) is 0 Å². The Hall–Kier alpha value is -3.01. The molecule has 1 aromatic heterocycles. The highest BCUT2D eigenvalue weighted by molar-refractivity contribution is 6.04. The van der Waals surface area contributed by atoms with Gasteiger partial charge in [-0.1, -0.05) is 0 Å². The molecule has 0 unspecified atom stereocenters. The topological polar surface area (TPSA) is 37.3 Å². The predicted octanol–water partition coefficient (Wildman–Crippen LogP) is 4.88. The van der Waals surface area contributed by atoms with Gasteiger partial charge in [0.05, 0.1) is 0 Å². The van der Waals surface area contributed by atoms with Crippen molar-refractivity contribution < 1.29 is 4.79 Å². The van der Waals surface area contributed by atoms with E-state index in [1.165, 1.54) is 5.69 Å². The van der Waals surface area contributed by atoms with Crippen LogP contribution in [0.4, 0.5) is 11.4 Å². The number of carbonyl (C=O) groups excluding carboxylic acids is 1. The van der Waals surface area contributed by atoms with Crippen LogP contribution in [0.1, 0.15) is 29.8 Å². The van der Waals surface area contributed by atoms with Crippen molar-refractivity contribution in [2.45, 2.75) is 20.8 Å². The van der Waals surface area contributed by atoms with Crippen LogP contribution < -0.4 is 10.2 Å². The maximum absolute atomic E-state index is 12.6. The fourth-order valence-corrected chi connectivity index (χ4v) is 3.06. The molecule has 0 radical (unpaired) electrons. The average Bonchev–Trinajstić information content (AvgIpc) is 3.19. The number of nitrogens with zero attached hydrogens (tertiary/aromatic N) is 2. The van der Waals surface area contributed by atoms with Crippen LogP contribution >= 0.6 is 0 Å². The maximum Gasteiger partial charge on any atom is 0.255 e. The molecule has 26 heavy (non-hydrogen) atoms. The van der Waals surface area contributed by atoms with Gasteiger partial charge in [0, 0.05) is 48.1 Å². The molecule has 1 N–H and O–H groups in total. The third-order valence-electron chi connectivity index (χ3n) is 4.62. The van der Waals surface area contributed by atoms with Gasteiger partial charge in [0.15, 0.2) is 0 Å². The van der Waals surface area contributed by atoms with Crippen LogP contribution in [-0.4, -0.2) is 23.6 Å². The normalized spacial score (nSPS) is 10.6. The lowest BCUT2D eigenvalue weighted by Crippen LogP contribution is -2.22. The summed E-state index contributed by atoms with van der Waals surface area (Å²) in [6.45, 7) is 8.25. The lowest BCUT2D eigenvalue weighted by molar-refractivity contribution is 0.102. The van der Waals surface area contributed by atoms with Gasteiger partial charge in [-0.05, 0) is 80.9 Å². The zero-order valence-electron chi connectivity index (χ0n) is 15.6. The molecule has 0 fully saturated rings. The molecule has 4 nitrogen and oxygen atoms in total. The van der Waals surface area contributed by atoms with E-state index in [-0.39, 0.29) is 5.91 Å². The molecule has 0 bridgehead atoms. The number of rotatable bonds is 6. The summed E-state index contributed by atoms with van der Waals surface area (Å²) in [5.41, 5.74) is 4.77. The van der Waals surface area contributed by atoms with Gasteiger partial charge in [0.1, 0.15) is 0 Å². The second-order valence-electron chi connectivity index (χ2n) is 6.26. The summed E-state index contributed by atoms with van der Waals surface area (Å²) in [6, 6.07) is 17.7. The number of amides is 1. The number of nitrogens with one attached hydrogen (secondary N) is 1. The van der Waals surface area contributed by atoms with Gasteiger partial charge in [-0.3, -0.25) is 4.79 Å². The largest absolute Gasteiger partial charge is 0.372 e. The molecule has 1 heterocycles. The quantitative estimate of drug-likeness (QED) is 0.690. The first-order chi connectivity index (χ1) is 12.6. The molecule has 0 atom stereocenters. The Morgan fingerprint density at radius 1 is 1.00 bits per heavy atom. The first-order valence-electron chi connectivity index (χ1n) is 9.02. The minimum Gasteiger partial charge on any atom is -0.372 e. The Balaban J connectivity index is 1.73. The number of carbonyl (C=O) groups is 1. The fraction of sp³-hybridized carbons (Fsp3) is 0.227. The van der Waals surface area contributed by atoms with E-state index in [1.54, 1.807) is 0 Å². The van der Waals surface area contributed by atoms with E-state index in [2.05, 4.69) is 36.2 Å². The van der Waals surface area contributed by atoms with E-state index in [4.69, 9.17) is 0 Å². The number of anilines is 2. The Labute approximate surface area is 155 Å². The van der Waals surface area contributed by atoms with E-state index in [0.29, 0.717) is 5.56 Å². The number of hydrogen-bond donors (Lipinski definition) is 1. The second-order valence-corrected chi connectivity index (χ2v) is 6.26. The van der Waals surface area contributed by atoms with E-state index in [9.17, 15) is 4.79 Å². The number of aryl methyl sites for hydroxylation is 1. The van der Waals surface area contributed by atoms with Crippen LogP contribution in [0, 0.1) is 6.92 Å². The van der Waals surface area contributed by atoms with Gasteiger partial charge in [-0.2, -0.15) is 0 Å². The summed E-state index contributed by atoms with van der Waals surface area (Å²) < 4.78 is 2.01. The lowest BCUT2D eigenvalue weighted by atomic mass is 10.1. The second kappa shape index (κ2) is 7.91. The third-order valence-corrected chi connectivity index (χ3v) is 4.62. The van der Waals surface area contributed by atoms with Crippen molar-refractivity contribution in [3.63, 3.8) is 0 Å². The first kappa shape index (κ1) is 17.8. The highest BCUT2D eigenvalue weighted by Crippen LogP contribution is 2.23. The summed E-state index contributed by atoms with van der Waals surface area (Å²) in [5, 5.41) is 3.02. The summed E-state index contributed by atoms with van der Waals surface area (Å²) >= 11 is 0. The standard InChI is InChI=1S/C22H25N3O/c1-4-24(5-2)20-12-13-21(17(3)16-20)23-22(26)18-8-10-19(11-9-18)25-14-6-7-15-25/h6-16H,4-5H2,1-3H3,(H,23,26). The van der Waals surface area contributed by atoms with Crippen LogP contribution in [0.3, 0.4) is 0 Å². The monoisotopic (exact) mass is 347 g/mol. The summed E-state index contributed by atoms with van der Waals surface area (Å²) in [6.07, 6.45) is 3.96. The van der Waals surface area contributed by atoms with Gasteiger partial charge in [-0.25, -0.2) is 0 Å². The molecule has 2 aromatic carbocycles. The van der Waals surface area contributed by atoms with Gasteiger partial charge in [-0.15, -0.1) is 0 Å². The van der Waals surface area contributed by atoms with E-state index in [1.807, 2.05) is 66.3 Å². The molecular weight excluding hydrogens is 322 g/mol. The van der Waals surface area contributed by atoms with E-state index in [0.717, 1.165) is 30.0 Å². The van der Waals surface area contributed by atoms with Crippen LogP contribution in [0.5, 0.6) is 0 Å². The Bertz CT molecular complexity index is 863. The van der Waals surface area contributed by atoms with Crippen LogP contribution in [0.2, 0.25) is 0 Å². The third kappa shape index (κ3) is 3.80. The smallest absolute Gasteiger partial charge is 0.255 e. The summed E-state index contributed by atoms with van der Waals surface area (Å²) in [4.78, 5) is 14.9. The van der Waals surface area contributed by atoms with Gasteiger partial charge >= 0.3 is 0 Å². The molecule has 0 aliphatic heterocycles. The number of benzene rings is 2. The Morgan fingerprint density at radius 2 is 1.65 bits per heavy atom. The highest BCUT2D eigenvalue weighted by atomic mass is 16.1. The fourth-order valence-electron chi connectivity index (χ4n) is 3.06. The van der Waals surface area contributed by atoms with Crippen molar-refractivity contribution in [3.05, 3.63) is 78.1 Å². The molecular formula is C22H25N3O. The summed E-state index contributed by atoms with van der Waals surface area (Å²) in [5.74, 6) is -0.0947. The van der Waals surface area contributed by atoms with Gasteiger partial charge < -0.3 is 14.8 Å². The zero-order chi connectivity index (χ0) is 18.5. The van der Waals surface area contributed by atoms with Crippen molar-refractivity contribution in [1.82, 2.24) is 4.57 Å². The van der Waals surface area contributed by atoms with Gasteiger partial charge in [0.2, 0.25) is 0 Å². The maximum atomic E-state index is 12.6. The highest BCUT2D eigenvalue weighted by Gasteiger charge is 2.10. The SMILES string of the molecule is CCN(CC)c1ccc(NC(=O)c2ccc(-n3cccc3)cc2)c(C)c1. The van der Waals surface area contributed by atoms with Crippen molar-refractivity contribution in [2.75, 3.05) is 23.3 Å². The van der Waals surface area contributed by atoms with E-state index >= 15 is 0 Å². The number of hydrogen-bond acceptors (Lipinski definition) is 2. The van der Waals surface area contributed by atoms with Crippen molar-refractivity contribution >= 4 is 17.3 Å². The molecule has 0 spiro atoms. The first-order valence-corrected chi connectivity index (χ1v) is 9.02. The Kier molecular flexibility index (Phi) is 5.42. The minimum absolute atomic E-state index is 0.0947. The summed E-state index contributed by atoms with van der Waals surface area (Å²) in [7, 11) is 0. The Morgan fingerprint density at radius 3 is 2.23 bits per heavy atom. The molecule has 134 valence electrons. The van der Waals surface area contributed by atoms with E-state index < -0.39 is 0 Å². The van der Waals surface area contributed by atoms with Crippen molar-refractivity contribution in [2.24, 2.45) is 0 Å². The molecule has 0 aliphatic rings. The lowest BCUT2D eigenvalue weighted by Gasteiger charge is -2.22. The number of aromatic nitrogens is 1.